The maximum Gasteiger partial charge on any atom is 0.317 e. The summed E-state index contributed by atoms with van der Waals surface area (Å²) >= 11 is 6.34. The van der Waals surface area contributed by atoms with Crippen LogP contribution in [0.15, 0.2) is 30.7 Å². The van der Waals surface area contributed by atoms with E-state index in [2.05, 4.69) is 37.2 Å². The summed E-state index contributed by atoms with van der Waals surface area (Å²) in [6, 6.07) is 4.04. The fourth-order valence-corrected chi connectivity index (χ4v) is 5.09. The molecule has 1 fully saturated rings. The van der Waals surface area contributed by atoms with Crippen LogP contribution in [0.3, 0.4) is 0 Å². The van der Waals surface area contributed by atoms with E-state index in [1.165, 1.54) is 5.69 Å². The first-order chi connectivity index (χ1) is 13.1. The second-order valence-corrected chi connectivity index (χ2v) is 7.74. The van der Waals surface area contributed by atoms with Crippen LogP contribution in [-0.4, -0.2) is 43.8 Å². The van der Waals surface area contributed by atoms with Gasteiger partial charge < -0.3 is 15.2 Å². The molecule has 27 heavy (non-hydrogen) atoms. The molecule has 2 N–H and O–H groups in total. The van der Waals surface area contributed by atoms with Gasteiger partial charge in [-0.2, -0.15) is 5.10 Å². The fraction of sp³-hybridized carbons (Fsp3) is 0.421. The van der Waals surface area contributed by atoms with Gasteiger partial charge in [0.2, 0.25) is 0 Å². The lowest BCUT2D eigenvalue weighted by atomic mass is 9.74. The number of H-pyrrole nitrogens is 1. The average Bonchev–Trinajstić information content (AvgIpc) is 3.42. The number of aromatic amines is 1. The first-order valence-corrected chi connectivity index (χ1v) is 9.71. The van der Waals surface area contributed by atoms with Crippen LogP contribution >= 0.6 is 11.6 Å². The Bertz CT molecular complexity index is 1030. The molecule has 3 aromatic rings. The predicted octanol–water partition coefficient (Wildman–Crippen LogP) is 3.23. The van der Waals surface area contributed by atoms with Gasteiger partial charge in [-0.1, -0.05) is 11.6 Å². The molecule has 2 aliphatic rings. The SMILES string of the molecule is CCNC(=O)N1CCC2(CCn3nccc32)C1c1cnc2[nH]cc(Cl)c2c1. The Kier molecular flexibility index (Phi) is 3.69. The molecule has 8 heteroatoms. The van der Waals surface area contributed by atoms with Gasteiger partial charge in [-0.25, -0.2) is 9.78 Å². The zero-order chi connectivity index (χ0) is 18.6. The van der Waals surface area contributed by atoms with E-state index >= 15 is 0 Å². The number of carbonyl (C=O) groups excluding carboxylic acids is 1. The van der Waals surface area contributed by atoms with Crippen LogP contribution in [-0.2, 0) is 12.0 Å². The maximum atomic E-state index is 12.8. The topological polar surface area (TPSA) is 78.8 Å². The van der Waals surface area contributed by atoms with Gasteiger partial charge >= 0.3 is 6.03 Å². The number of amides is 2. The second kappa shape index (κ2) is 5.99. The minimum atomic E-state index is -0.139. The van der Waals surface area contributed by atoms with Crippen LogP contribution in [0.5, 0.6) is 0 Å². The van der Waals surface area contributed by atoms with Gasteiger partial charge in [0, 0.05) is 54.7 Å². The molecule has 5 rings (SSSR count). The molecule has 0 aliphatic carbocycles. The summed E-state index contributed by atoms with van der Waals surface area (Å²) in [6.07, 6.45) is 7.36. The molecule has 2 amide bonds. The van der Waals surface area contributed by atoms with E-state index in [1.807, 2.05) is 24.2 Å². The number of aromatic nitrogens is 4. The van der Waals surface area contributed by atoms with Gasteiger partial charge in [0.15, 0.2) is 0 Å². The number of carbonyl (C=O) groups is 1. The van der Waals surface area contributed by atoms with Crippen molar-refractivity contribution in [2.45, 2.75) is 37.8 Å². The molecule has 0 aromatic carbocycles. The number of aryl methyl sites for hydroxylation is 1. The number of hydrogen-bond acceptors (Lipinski definition) is 3. The number of rotatable bonds is 2. The quantitative estimate of drug-likeness (QED) is 0.712. The second-order valence-electron chi connectivity index (χ2n) is 7.33. The number of likely N-dealkylation sites (tertiary alicyclic amines) is 1. The van der Waals surface area contributed by atoms with E-state index in [4.69, 9.17) is 11.6 Å². The highest BCUT2D eigenvalue weighted by Gasteiger charge is 2.54. The van der Waals surface area contributed by atoms with Crippen molar-refractivity contribution in [3.63, 3.8) is 0 Å². The predicted molar refractivity (Wildman–Crippen MR) is 103 cm³/mol. The number of nitrogens with zero attached hydrogens (tertiary/aromatic N) is 4. The molecule has 2 atom stereocenters. The molecule has 140 valence electrons. The molecular formula is C19H21ClN6O. The molecule has 3 aromatic heterocycles. The lowest BCUT2D eigenvalue weighted by molar-refractivity contribution is 0.179. The number of fused-ring (bicyclic) bond motifs is 3. The Morgan fingerprint density at radius 3 is 3.15 bits per heavy atom. The zero-order valence-corrected chi connectivity index (χ0v) is 15.8. The molecule has 5 heterocycles. The lowest BCUT2D eigenvalue weighted by Crippen LogP contribution is -2.42. The molecule has 0 saturated carbocycles. The van der Waals surface area contributed by atoms with Crippen LogP contribution in [0.2, 0.25) is 5.02 Å². The Hall–Kier alpha value is -2.54. The van der Waals surface area contributed by atoms with Crippen molar-refractivity contribution in [1.82, 2.24) is 30.0 Å². The van der Waals surface area contributed by atoms with Crippen LogP contribution < -0.4 is 5.32 Å². The number of hydrogen-bond donors (Lipinski definition) is 2. The van der Waals surface area contributed by atoms with E-state index in [0.29, 0.717) is 18.1 Å². The first kappa shape index (κ1) is 16.6. The normalized spacial score (nSPS) is 24.1. The van der Waals surface area contributed by atoms with Crippen LogP contribution in [0, 0.1) is 0 Å². The monoisotopic (exact) mass is 384 g/mol. The lowest BCUT2D eigenvalue weighted by Gasteiger charge is -2.35. The molecule has 2 aliphatic heterocycles. The highest BCUT2D eigenvalue weighted by molar-refractivity contribution is 6.35. The van der Waals surface area contributed by atoms with Crippen molar-refractivity contribution in [1.29, 1.82) is 0 Å². The van der Waals surface area contributed by atoms with E-state index in [9.17, 15) is 4.79 Å². The summed E-state index contributed by atoms with van der Waals surface area (Å²) in [5.41, 5.74) is 2.85. The van der Waals surface area contributed by atoms with Gasteiger partial charge in [-0.15, -0.1) is 0 Å². The summed E-state index contributed by atoms with van der Waals surface area (Å²) < 4.78 is 2.07. The van der Waals surface area contributed by atoms with E-state index in [1.54, 1.807) is 6.20 Å². The number of halogens is 1. The zero-order valence-electron chi connectivity index (χ0n) is 15.1. The minimum absolute atomic E-state index is 0.0300. The standard InChI is InChI=1S/C19H21ClN6O/c1-2-21-18(27)25-7-4-19(5-8-26-15(19)3-6-24-26)16(25)12-9-13-14(20)11-23-17(13)22-10-12/h3,6,9-11,16H,2,4-5,7-8H2,1H3,(H,21,27)(H,22,23). The van der Waals surface area contributed by atoms with Crippen molar-refractivity contribution in [3.8, 4) is 0 Å². The number of urea groups is 1. The van der Waals surface area contributed by atoms with Crippen LogP contribution in [0.1, 0.15) is 37.1 Å². The Balaban J connectivity index is 1.66. The summed E-state index contributed by atoms with van der Waals surface area (Å²) in [7, 11) is 0. The van der Waals surface area contributed by atoms with Gasteiger partial charge in [0.25, 0.3) is 0 Å². The van der Waals surface area contributed by atoms with Gasteiger partial charge in [-0.05, 0) is 37.5 Å². The van der Waals surface area contributed by atoms with Gasteiger partial charge in [-0.3, -0.25) is 4.68 Å². The molecule has 7 nitrogen and oxygen atoms in total. The Morgan fingerprint density at radius 1 is 1.44 bits per heavy atom. The highest BCUT2D eigenvalue weighted by Crippen LogP contribution is 2.54. The van der Waals surface area contributed by atoms with Gasteiger partial charge in [0.1, 0.15) is 5.65 Å². The third kappa shape index (κ3) is 2.31. The van der Waals surface area contributed by atoms with Crippen LogP contribution in [0.4, 0.5) is 4.79 Å². The van der Waals surface area contributed by atoms with E-state index in [0.717, 1.165) is 36.0 Å². The van der Waals surface area contributed by atoms with E-state index < -0.39 is 0 Å². The van der Waals surface area contributed by atoms with Crippen molar-refractivity contribution in [2.75, 3.05) is 13.1 Å². The summed E-state index contributed by atoms with van der Waals surface area (Å²) in [5.74, 6) is 0. The summed E-state index contributed by atoms with van der Waals surface area (Å²) in [4.78, 5) is 22.4. The highest BCUT2D eigenvalue weighted by atomic mass is 35.5. The average molecular weight is 385 g/mol. The van der Waals surface area contributed by atoms with E-state index in [-0.39, 0.29) is 17.5 Å². The van der Waals surface area contributed by atoms with Crippen molar-refractivity contribution >= 4 is 28.7 Å². The van der Waals surface area contributed by atoms with Crippen molar-refractivity contribution < 1.29 is 4.79 Å². The molecule has 1 spiro atoms. The number of pyridine rings is 1. The Labute approximate surface area is 161 Å². The third-order valence-electron chi connectivity index (χ3n) is 6.04. The Morgan fingerprint density at radius 2 is 2.30 bits per heavy atom. The molecule has 1 saturated heterocycles. The minimum Gasteiger partial charge on any atom is -0.345 e. The molecule has 2 unspecified atom stereocenters. The van der Waals surface area contributed by atoms with Crippen molar-refractivity contribution in [3.05, 3.63) is 47.0 Å². The third-order valence-corrected chi connectivity index (χ3v) is 6.35. The largest absolute Gasteiger partial charge is 0.345 e. The molecular weight excluding hydrogens is 364 g/mol. The molecule has 0 radical (unpaired) electrons. The van der Waals surface area contributed by atoms with Crippen LogP contribution in [0.25, 0.3) is 11.0 Å². The smallest absolute Gasteiger partial charge is 0.317 e. The number of nitrogens with one attached hydrogen (secondary N) is 2. The summed E-state index contributed by atoms with van der Waals surface area (Å²) in [5, 5.41) is 8.96. The summed E-state index contributed by atoms with van der Waals surface area (Å²) in [6.45, 7) is 4.13. The fourth-order valence-electron chi connectivity index (χ4n) is 4.89. The maximum absolute atomic E-state index is 12.8. The first-order valence-electron chi connectivity index (χ1n) is 9.33. The van der Waals surface area contributed by atoms with Crippen molar-refractivity contribution in [2.24, 2.45) is 0 Å². The van der Waals surface area contributed by atoms with Gasteiger partial charge in [0.05, 0.1) is 11.1 Å². The molecule has 0 bridgehead atoms.